The molecule has 0 spiro atoms. The fourth-order valence-electron chi connectivity index (χ4n) is 1.80. The summed E-state index contributed by atoms with van der Waals surface area (Å²) in [4.78, 5) is 11.7. The lowest BCUT2D eigenvalue weighted by atomic mass is 10.2. The number of amides is 1. The molecule has 0 aromatic heterocycles. The Bertz CT molecular complexity index is 535. The maximum atomic E-state index is 11.7. The van der Waals surface area contributed by atoms with E-state index in [1.165, 1.54) is 5.56 Å². The summed E-state index contributed by atoms with van der Waals surface area (Å²) in [6.07, 6.45) is 1.16. The number of hydrogen-bond donors (Lipinski definition) is 1. The molecule has 0 aliphatic carbocycles. The molecule has 0 unspecified atom stereocenters. The molecule has 0 saturated carbocycles. The van der Waals surface area contributed by atoms with Crippen LogP contribution in [0.2, 0.25) is 0 Å². The molecule has 0 aliphatic heterocycles. The minimum absolute atomic E-state index is 0.0190. The van der Waals surface area contributed by atoms with E-state index in [-0.39, 0.29) is 5.91 Å². The van der Waals surface area contributed by atoms with Crippen LogP contribution in [0.3, 0.4) is 0 Å². The third-order valence-corrected chi connectivity index (χ3v) is 2.90. The zero-order chi connectivity index (χ0) is 14.2. The van der Waals surface area contributed by atoms with Crippen LogP contribution in [0, 0.1) is 6.92 Å². The maximum absolute atomic E-state index is 11.7. The minimum atomic E-state index is 0.0190. The van der Waals surface area contributed by atoms with E-state index in [9.17, 15) is 4.79 Å². The van der Waals surface area contributed by atoms with E-state index in [0.717, 1.165) is 11.4 Å². The van der Waals surface area contributed by atoms with E-state index in [2.05, 4.69) is 5.32 Å². The summed E-state index contributed by atoms with van der Waals surface area (Å²) in [6.45, 7) is 2.57. The molecule has 0 fully saturated rings. The molecule has 1 N–H and O–H groups in total. The first kappa shape index (κ1) is 14.1. The Hall–Kier alpha value is -2.29. The van der Waals surface area contributed by atoms with Gasteiger partial charge in [-0.05, 0) is 37.6 Å². The van der Waals surface area contributed by atoms with Crippen molar-refractivity contribution in [1.29, 1.82) is 0 Å². The molecular formula is C17H19NO2. The Morgan fingerprint density at radius 1 is 1.05 bits per heavy atom. The molecule has 2 aromatic rings. The first-order valence-electron chi connectivity index (χ1n) is 6.78. The van der Waals surface area contributed by atoms with Gasteiger partial charge in [0.2, 0.25) is 5.91 Å². The maximum Gasteiger partial charge on any atom is 0.224 e. The van der Waals surface area contributed by atoms with Crippen LogP contribution < -0.4 is 10.1 Å². The molecule has 0 saturated heterocycles. The summed E-state index contributed by atoms with van der Waals surface area (Å²) >= 11 is 0. The molecule has 0 radical (unpaired) electrons. The Labute approximate surface area is 119 Å². The summed E-state index contributed by atoms with van der Waals surface area (Å²) in [6, 6.07) is 17.4. The fraction of sp³-hybridized carbons (Fsp3) is 0.235. The molecule has 2 rings (SSSR count). The van der Waals surface area contributed by atoms with Crippen molar-refractivity contribution in [2.45, 2.75) is 19.8 Å². The topological polar surface area (TPSA) is 38.3 Å². The quantitative estimate of drug-likeness (QED) is 0.810. The second-order valence-electron chi connectivity index (χ2n) is 4.68. The zero-order valence-corrected chi connectivity index (χ0v) is 11.6. The lowest BCUT2D eigenvalue weighted by Gasteiger charge is -2.07. The van der Waals surface area contributed by atoms with Crippen LogP contribution in [-0.2, 0) is 4.79 Å². The van der Waals surface area contributed by atoms with Gasteiger partial charge in [-0.2, -0.15) is 0 Å². The van der Waals surface area contributed by atoms with Crippen LogP contribution in [0.1, 0.15) is 18.4 Å². The number of carbonyl (C=O) groups is 1. The number of carbonyl (C=O) groups excluding carboxylic acids is 1. The van der Waals surface area contributed by atoms with Crippen LogP contribution in [-0.4, -0.2) is 12.5 Å². The van der Waals surface area contributed by atoms with Crippen LogP contribution >= 0.6 is 0 Å². The van der Waals surface area contributed by atoms with Crippen molar-refractivity contribution in [3.05, 3.63) is 60.2 Å². The number of anilines is 1. The fourth-order valence-corrected chi connectivity index (χ4v) is 1.80. The van der Waals surface area contributed by atoms with E-state index in [1.54, 1.807) is 0 Å². The van der Waals surface area contributed by atoms with Crippen LogP contribution in [0.25, 0.3) is 0 Å². The summed E-state index contributed by atoms with van der Waals surface area (Å²) in [5, 5.41) is 2.87. The number of benzene rings is 2. The van der Waals surface area contributed by atoms with Gasteiger partial charge in [0.05, 0.1) is 6.61 Å². The summed E-state index contributed by atoms with van der Waals surface area (Å²) in [7, 11) is 0. The highest BCUT2D eigenvalue weighted by atomic mass is 16.5. The van der Waals surface area contributed by atoms with Crippen molar-refractivity contribution >= 4 is 11.6 Å². The summed E-state index contributed by atoms with van der Waals surface area (Å²) < 4.78 is 5.54. The normalized spacial score (nSPS) is 10.1. The van der Waals surface area contributed by atoms with E-state index >= 15 is 0 Å². The predicted octanol–water partition coefficient (Wildman–Crippen LogP) is 3.79. The van der Waals surface area contributed by atoms with Gasteiger partial charge < -0.3 is 10.1 Å². The number of nitrogens with one attached hydrogen (secondary N) is 1. The third kappa shape index (κ3) is 4.76. The molecule has 104 valence electrons. The second-order valence-corrected chi connectivity index (χ2v) is 4.68. The number of rotatable bonds is 6. The highest BCUT2D eigenvalue weighted by molar-refractivity contribution is 5.90. The lowest BCUT2D eigenvalue weighted by molar-refractivity contribution is -0.116. The van der Waals surface area contributed by atoms with Crippen molar-refractivity contribution < 1.29 is 9.53 Å². The highest BCUT2D eigenvalue weighted by Crippen LogP contribution is 2.11. The van der Waals surface area contributed by atoms with Gasteiger partial charge in [0.1, 0.15) is 5.75 Å². The first-order valence-corrected chi connectivity index (χ1v) is 6.78. The van der Waals surface area contributed by atoms with Gasteiger partial charge in [-0.15, -0.1) is 0 Å². The molecule has 0 bridgehead atoms. The van der Waals surface area contributed by atoms with Crippen molar-refractivity contribution in [2.75, 3.05) is 11.9 Å². The average molecular weight is 269 g/mol. The second kappa shape index (κ2) is 7.34. The van der Waals surface area contributed by atoms with Gasteiger partial charge in [0.15, 0.2) is 0 Å². The number of aryl methyl sites for hydroxylation is 1. The van der Waals surface area contributed by atoms with Crippen molar-refractivity contribution in [2.24, 2.45) is 0 Å². The molecule has 3 heteroatoms. The van der Waals surface area contributed by atoms with Crippen LogP contribution in [0.5, 0.6) is 5.75 Å². The third-order valence-electron chi connectivity index (χ3n) is 2.90. The number of ether oxygens (including phenoxy) is 1. The van der Waals surface area contributed by atoms with Crippen molar-refractivity contribution in [3.63, 3.8) is 0 Å². The van der Waals surface area contributed by atoms with E-state index in [1.807, 2.05) is 61.5 Å². The molecule has 0 aliphatic rings. The van der Waals surface area contributed by atoms with Crippen LogP contribution in [0.15, 0.2) is 54.6 Å². The van der Waals surface area contributed by atoms with Gasteiger partial charge in [-0.1, -0.05) is 35.9 Å². The molecule has 0 atom stereocenters. The monoisotopic (exact) mass is 269 g/mol. The standard InChI is InChI=1S/C17H19NO2/c1-14-9-11-15(12-10-14)18-17(19)8-5-13-20-16-6-3-2-4-7-16/h2-4,6-7,9-12H,5,8,13H2,1H3,(H,18,19). The number of hydrogen-bond acceptors (Lipinski definition) is 2. The summed E-state index contributed by atoms with van der Waals surface area (Å²) in [5.41, 5.74) is 2.02. The van der Waals surface area contributed by atoms with Gasteiger partial charge in [-0.3, -0.25) is 4.79 Å². The molecular weight excluding hydrogens is 250 g/mol. The van der Waals surface area contributed by atoms with E-state index in [4.69, 9.17) is 4.74 Å². The first-order chi connectivity index (χ1) is 9.74. The Morgan fingerprint density at radius 2 is 1.75 bits per heavy atom. The lowest BCUT2D eigenvalue weighted by Crippen LogP contribution is -2.12. The van der Waals surface area contributed by atoms with Gasteiger partial charge in [0.25, 0.3) is 0 Å². The predicted molar refractivity (Wildman–Crippen MR) is 81.0 cm³/mol. The molecule has 2 aromatic carbocycles. The van der Waals surface area contributed by atoms with Gasteiger partial charge in [-0.25, -0.2) is 0 Å². The Balaban J connectivity index is 1.66. The SMILES string of the molecule is Cc1ccc(NC(=O)CCCOc2ccccc2)cc1. The Morgan fingerprint density at radius 3 is 2.45 bits per heavy atom. The van der Waals surface area contributed by atoms with Crippen molar-refractivity contribution in [3.8, 4) is 5.75 Å². The molecule has 1 amide bonds. The molecule has 3 nitrogen and oxygen atoms in total. The van der Waals surface area contributed by atoms with Crippen LogP contribution in [0.4, 0.5) is 5.69 Å². The molecule has 20 heavy (non-hydrogen) atoms. The van der Waals surface area contributed by atoms with Gasteiger partial charge >= 0.3 is 0 Å². The summed E-state index contributed by atoms with van der Waals surface area (Å²) in [5.74, 6) is 0.858. The average Bonchev–Trinajstić information content (AvgIpc) is 2.47. The highest BCUT2D eigenvalue weighted by Gasteiger charge is 2.02. The Kier molecular flexibility index (Phi) is 5.18. The van der Waals surface area contributed by atoms with E-state index < -0.39 is 0 Å². The zero-order valence-electron chi connectivity index (χ0n) is 11.6. The van der Waals surface area contributed by atoms with Crippen molar-refractivity contribution in [1.82, 2.24) is 0 Å². The van der Waals surface area contributed by atoms with E-state index in [0.29, 0.717) is 19.4 Å². The van der Waals surface area contributed by atoms with Gasteiger partial charge in [0, 0.05) is 12.1 Å². The number of para-hydroxylation sites is 1. The minimum Gasteiger partial charge on any atom is -0.494 e. The largest absolute Gasteiger partial charge is 0.494 e. The smallest absolute Gasteiger partial charge is 0.224 e. The molecule has 0 heterocycles.